The van der Waals surface area contributed by atoms with Crippen molar-refractivity contribution in [2.75, 3.05) is 6.93 Å². The number of halogens is 4. The molecular formula is C4H14BrClF2. The second kappa shape index (κ2) is 126. The van der Waals surface area contributed by atoms with Crippen molar-refractivity contribution in [3.05, 3.63) is 0 Å². The van der Waals surface area contributed by atoms with E-state index < -0.39 is 6.93 Å². The molecule has 0 amide bonds. The van der Waals surface area contributed by atoms with Gasteiger partial charge in [-0.3, -0.25) is 0 Å². The fourth-order valence-electron chi connectivity index (χ4n) is 0. The number of hydrogen-bond donors (Lipinski definition) is 0. The highest BCUT2D eigenvalue weighted by Crippen LogP contribution is 1.56. The van der Waals surface area contributed by atoms with Crippen molar-refractivity contribution >= 4 is 29.4 Å². The molecule has 0 unspecified atom stereocenters. The first-order valence-electron chi connectivity index (χ1n) is 1.53. The molecule has 0 bridgehead atoms. The van der Waals surface area contributed by atoms with Gasteiger partial charge >= 0.3 is 0 Å². The van der Waals surface area contributed by atoms with Crippen molar-refractivity contribution in [1.29, 1.82) is 0 Å². The van der Waals surface area contributed by atoms with Gasteiger partial charge in [-0.1, -0.05) is 21.3 Å². The van der Waals surface area contributed by atoms with E-state index in [9.17, 15) is 8.78 Å². The van der Waals surface area contributed by atoms with Gasteiger partial charge in [0.25, 0.3) is 0 Å². The number of hydrogen-bond acceptors (Lipinski definition) is 0. The quantitative estimate of drug-likeness (QED) is 0.580. The Morgan fingerprint density at radius 1 is 1.12 bits per heavy atom. The molecule has 0 aromatic heterocycles. The fourth-order valence-corrected chi connectivity index (χ4v) is 0. The van der Waals surface area contributed by atoms with E-state index in [4.69, 9.17) is 0 Å². The first-order chi connectivity index (χ1) is 2.41. The largest absolute Gasteiger partial charge is 0.229 e. The Labute approximate surface area is 66.8 Å². The molecule has 0 spiro atoms. The van der Waals surface area contributed by atoms with Crippen LogP contribution in [0, 0.1) is 0 Å². The van der Waals surface area contributed by atoms with Crippen molar-refractivity contribution < 1.29 is 8.78 Å². The second-order valence-electron chi connectivity index (χ2n) is 0.101. The Morgan fingerprint density at radius 3 is 1.12 bits per heavy atom. The van der Waals surface area contributed by atoms with E-state index in [-0.39, 0.29) is 36.8 Å². The molecule has 0 atom stereocenters. The van der Waals surface area contributed by atoms with E-state index in [0.717, 1.165) is 0 Å². The molecule has 0 N–H and O–H groups in total. The Balaban J connectivity index is -0.00000000567. The molecule has 0 saturated heterocycles. The summed E-state index contributed by atoms with van der Waals surface area (Å²) in [6.07, 6.45) is 0. The highest BCUT2D eigenvalue weighted by Gasteiger charge is 1.44. The molecule has 0 heterocycles. The fraction of sp³-hybridized carbons (Fsp3) is 1.00. The van der Waals surface area contributed by atoms with Crippen LogP contribution >= 0.6 is 29.4 Å². The average Bonchev–Trinajstić information content (AvgIpc) is 1.46. The van der Waals surface area contributed by atoms with Crippen LogP contribution in [0.4, 0.5) is 8.78 Å². The van der Waals surface area contributed by atoms with Gasteiger partial charge in [0.1, 0.15) is 0 Å². The molecule has 0 aliphatic heterocycles. The lowest BCUT2D eigenvalue weighted by molar-refractivity contribution is 0.295. The maximum absolute atomic E-state index is 9.62. The summed E-state index contributed by atoms with van der Waals surface area (Å²) in [5, 5.41) is 0. The summed E-state index contributed by atoms with van der Waals surface area (Å²) in [6.45, 7) is 2.25. The highest BCUT2D eigenvalue weighted by molar-refractivity contribution is 8.93. The first-order valence-corrected chi connectivity index (χ1v) is 1.53. The standard InChI is InChI=1S/C2H6.CH2F2.CH4.BrH.ClH/c1-2;2-1-3;;;/h1-2H3;1H2;1H4;2*1H. The molecule has 0 radical (unpaired) electrons. The summed E-state index contributed by atoms with van der Waals surface area (Å²) < 4.78 is 19.2. The van der Waals surface area contributed by atoms with Crippen molar-refractivity contribution in [1.82, 2.24) is 0 Å². The normalized spacial score (nSPS) is 3.00. The van der Waals surface area contributed by atoms with Gasteiger partial charge in [0.15, 0.2) is 0 Å². The van der Waals surface area contributed by atoms with Crippen molar-refractivity contribution in [2.45, 2.75) is 21.3 Å². The minimum Gasteiger partial charge on any atom is -0.214 e. The topological polar surface area (TPSA) is 0 Å². The zero-order valence-electron chi connectivity index (χ0n) is 4.28. The maximum atomic E-state index is 9.62. The van der Waals surface area contributed by atoms with Crippen molar-refractivity contribution in [3.63, 3.8) is 0 Å². The third kappa shape index (κ3) is 529. The molecule has 0 aromatic rings. The summed E-state index contributed by atoms with van der Waals surface area (Å²) in [5.41, 5.74) is 0. The van der Waals surface area contributed by atoms with E-state index in [1.54, 1.807) is 0 Å². The SMILES string of the molecule is Br.C.CC.Cl.FCF. The van der Waals surface area contributed by atoms with E-state index in [2.05, 4.69) is 0 Å². The lowest BCUT2D eigenvalue weighted by atomic mass is 11.0. The van der Waals surface area contributed by atoms with Crippen LogP contribution in [-0.4, -0.2) is 6.93 Å². The van der Waals surface area contributed by atoms with Crippen LogP contribution in [-0.2, 0) is 0 Å². The van der Waals surface area contributed by atoms with Gasteiger partial charge in [-0.15, -0.1) is 29.4 Å². The molecule has 4 heteroatoms. The van der Waals surface area contributed by atoms with Crippen LogP contribution in [0.1, 0.15) is 21.3 Å². The molecular weight excluding hydrogens is 201 g/mol. The van der Waals surface area contributed by atoms with Gasteiger partial charge in [0.2, 0.25) is 6.93 Å². The smallest absolute Gasteiger partial charge is 0.214 e. The minimum absolute atomic E-state index is 0. The zero-order valence-corrected chi connectivity index (χ0v) is 6.81. The molecule has 58 valence electrons. The van der Waals surface area contributed by atoms with Crippen LogP contribution < -0.4 is 0 Å². The molecule has 0 saturated carbocycles. The van der Waals surface area contributed by atoms with E-state index in [0.29, 0.717) is 0 Å². The molecule has 0 aromatic carbocycles. The van der Waals surface area contributed by atoms with Crippen LogP contribution in [0.15, 0.2) is 0 Å². The van der Waals surface area contributed by atoms with Gasteiger partial charge in [0, 0.05) is 0 Å². The van der Waals surface area contributed by atoms with Crippen molar-refractivity contribution in [2.24, 2.45) is 0 Å². The van der Waals surface area contributed by atoms with E-state index >= 15 is 0 Å². The third-order valence-electron chi connectivity index (χ3n) is 0. The van der Waals surface area contributed by atoms with Gasteiger partial charge < -0.3 is 0 Å². The summed E-state index contributed by atoms with van der Waals surface area (Å²) in [5.74, 6) is 0. The highest BCUT2D eigenvalue weighted by atomic mass is 79.9. The Morgan fingerprint density at radius 2 is 1.12 bits per heavy atom. The first kappa shape index (κ1) is 38.1. The van der Waals surface area contributed by atoms with Gasteiger partial charge in [-0.25, -0.2) is 8.78 Å². The van der Waals surface area contributed by atoms with Gasteiger partial charge in [0.05, 0.1) is 0 Å². The Hall–Kier alpha value is 0.630. The molecule has 0 fully saturated rings. The minimum atomic E-state index is -1.75. The number of alkyl halides is 2. The van der Waals surface area contributed by atoms with E-state index in [1.807, 2.05) is 13.8 Å². The van der Waals surface area contributed by atoms with E-state index in [1.165, 1.54) is 0 Å². The average molecular weight is 216 g/mol. The predicted octanol–water partition coefficient (Wildman–Crippen LogP) is 3.54. The molecule has 0 rings (SSSR count). The van der Waals surface area contributed by atoms with Crippen LogP contribution in [0.2, 0.25) is 0 Å². The van der Waals surface area contributed by atoms with Crippen LogP contribution in [0.25, 0.3) is 0 Å². The van der Waals surface area contributed by atoms with Gasteiger partial charge in [-0.2, -0.15) is 0 Å². The summed E-state index contributed by atoms with van der Waals surface area (Å²) in [7, 11) is 0. The second-order valence-corrected chi connectivity index (χ2v) is 0.101. The number of rotatable bonds is 0. The summed E-state index contributed by atoms with van der Waals surface area (Å²) in [4.78, 5) is 0. The Bertz CT molecular complexity index is 14.0. The van der Waals surface area contributed by atoms with Gasteiger partial charge in [-0.05, 0) is 0 Å². The molecule has 0 nitrogen and oxygen atoms in total. The zero-order chi connectivity index (χ0) is 4.71. The summed E-state index contributed by atoms with van der Waals surface area (Å²) >= 11 is 0. The monoisotopic (exact) mass is 214 g/mol. The Kier molecular flexibility index (Phi) is 602. The van der Waals surface area contributed by atoms with Crippen LogP contribution in [0.3, 0.4) is 0 Å². The van der Waals surface area contributed by atoms with Crippen LogP contribution in [0.5, 0.6) is 0 Å². The predicted molar refractivity (Wildman–Crippen MR) is 42.7 cm³/mol. The third-order valence-corrected chi connectivity index (χ3v) is 0. The summed E-state index contributed by atoms with van der Waals surface area (Å²) in [6, 6.07) is 0. The molecule has 8 heavy (non-hydrogen) atoms. The van der Waals surface area contributed by atoms with Crippen molar-refractivity contribution in [3.8, 4) is 0 Å². The lowest BCUT2D eigenvalue weighted by Gasteiger charge is -1.42. The maximum Gasteiger partial charge on any atom is 0.229 e. The molecule has 0 aliphatic rings. The molecule has 0 aliphatic carbocycles. The lowest BCUT2D eigenvalue weighted by Crippen LogP contribution is -1.34.